The summed E-state index contributed by atoms with van der Waals surface area (Å²) in [5, 5.41) is 9.83. The summed E-state index contributed by atoms with van der Waals surface area (Å²) in [7, 11) is 1.95. The second kappa shape index (κ2) is 5.12. The largest absolute Gasteiger partial charge is 0.308 e. The molecule has 1 N–H and O–H groups in total. The maximum Gasteiger partial charge on any atom is 0.0638 e. The highest BCUT2D eigenvalue weighted by atomic mass is 79.9. The van der Waals surface area contributed by atoms with Gasteiger partial charge in [0.1, 0.15) is 0 Å². The molecule has 0 atom stereocenters. The maximum atomic E-state index is 4.31. The molecule has 2 aromatic heterocycles. The maximum absolute atomic E-state index is 4.31. The summed E-state index contributed by atoms with van der Waals surface area (Å²) in [4.78, 5) is 1.33. The number of aromatic nitrogens is 2. The highest BCUT2D eigenvalue weighted by molar-refractivity contribution is 9.10. The van der Waals surface area contributed by atoms with Crippen LogP contribution in [0.25, 0.3) is 0 Å². The van der Waals surface area contributed by atoms with E-state index in [-0.39, 0.29) is 0 Å². The van der Waals surface area contributed by atoms with Crippen molar-refractivity contribution >= 4 is 27.3 Å². The Hall–Kier alpha value is -0.650. The van der Waals surface area contributed by atoms with Gasteiger partial charge in [0.25, 0.3) is 0 Å². The van der Waals surface area contributed by atoms with Crippen molar-refractivity contribution in [1.82, 2.24) is 15.1 Å². The van der Waals surface area contributed by atoms with Crippen molar-refractivity contribution in [3.05, 3.63) is 38.3 Å². The number of rotatable bonds is 4. The molecule has 16 heavy (non-hydrogen) atoms. The summed E-state index contributed by atoms with van der Waals surface area (Å²) in [6.07, 6.45) is 2.06. The van der Waals surface area contributed by atoms with Gasteiger partial charge in [-0.25, -0.2) is 0 Å². The first-order valence-electron chi connectivity index (χ1n) is 5.08. The van der Waals surface area contributed by atoms with E-state index in [1.807, 2.05) is 18.7 Å². The smallest absolute Gasteiger partial charge is 0.0638 e. The molecule has 0 amide bonds. The predicted octanol–water partition coefficient (Wildman–Crippen LogP) is 2.84. The molecule has 0 unspecified atom stereocenters. The van der Waals surface area contributed by atoms with E-state index in [0.717, 1.165) is 18.8 Å². The lowest BCUT2D eigenvalue weighted by Gasteiger charge is -2.02. The standard InChI is InChI=1S/C11H14BrN3S/c1-8-9(7-15(2)14-8)5-13-6-11-10(12)3-4-16-11/h3-4,7,13H,5-6H2,1-2H3. The molecule has 0 radical (unpaired) electrons. The molecule has 2 heterocycles. The summed E-state index contributed by atoms with van der Waals surface area (Å²) in [6.45, 7) is 3.80. The summed E-state index contributed by atoms with van der Waals surface area (Å²) in [5.41, 5.74) is 2.36. The minimum atomic E-state index is 0.865. The van der Waals surface area contributed by atoms with Crippen LogP contribution in [-0.4, -0.2) is 9.78 Å². The van der Waals surface area contributed by atoms with Crippen molar-refractivity contribution in [2.75, 3.05) is 0 Å². The highest BCUT2D eigenvalue weighted by Crippen LogP contribution is 2.22. The van der Waals surface area contributed by atoms with E-state index in [1.54, 1.807) is 11.3 Å². The van der Waals surface area contributed by atoms with E-state index >= 15 is 0 Å². The average molecular weight is 300 g/mol. The summed E-state index contributed by atoms with van der Waals surface area (Å²) >= 11 is 5.29. The van der Waals surface area contributed by atoms with E-state index in [9.17, 15) is 0 Å². The van der Waals surface area contributed by atoms with Crippen molar-refractivity contribution < 1.29 is 0 Å². The molecule has 0 aliphatic rings. The zero-order valence-electron chi connectivity index (χ0n) is 9.33. The number of nitrogens with one attached hydrogen (secondary N) is 1. The monoisotopic (exact) mass is 299 g/mol. The van der Waals surface area contributed by atoms with Gasteiger partial charge in [0.05, 0.1) is 5.69 Å². The lowest BCUT2D eigenvalue weighted by Crippen LogP contribution is -2.12. The first-order chi connectivity index (χ1) is 7.66. The summed E-state index contributed by atoms with van der Waals surface area (Å²) < 4.78 is 3.04. The van der Waals surface area contributed by atoms with Crippen LogP contribution in [0.2, 0.25) is 0 Å². The second-order valence-electron chi connectivity index (χ2n) is 3.71. The second-order valence-corrected chi connectivity index (χ2v) is 5.56. The summed E-state index contributed by atoms with van der Waals surface area (Å²) in [5.74, 6) is 0. The minimum absolute atomic E-state index is 0.865. The number of halogens is 1. The third kappa shape index (κ3) is 2.72. The van der Waals surface area contributed by atoms with Gasteiger partial charge in [-0.15, -0.1) is 11.3 Å². The highest BCUT2D eigenvalue weighted by Gasteiger charge is 2.04. The molecule has 5 heteroatoms. The van der Waals surface area contributed by atoms with Gasteiger partial charge >= 0.3 is 0 Å². The SMILES string of the molecule is Cc1nn(C)cc1CNCc1sccc1Br. The quantitative estimate of drug-likeness (QED) is 0.941. The Kier molecular flexibility index (Phi) is 3.78. The Labute approximate surface area is 108 Å². The van der Waals surface area contributed by atoms with E-state index in [1.165, 1.54) is 14.9 Å². The molecule has 0 saturated carbocycles. The van der Waals surface area contributed by atoms with Gasteiger partial charge in [-0.2, -0.15) is 5.10 Å². The minimum Gasteiger partial charge on any atom is -0.308 e. The fourth-order valence-electron chi connectivity index (χ4n) is 1.58. The van der Waals surface area contributed by atoms with Gasteiger partial charge in [-0.3, -0.25) is 4.68 Å². The first kappa shape index (κ1) is 11.8. The van der Waals surface area contributed by atoms with E-state index in [0.29, 0.717) is 0 Å². The molecule has 2 rings (SSSR count). The molecule has 0 aliphatic carbocycles. The molecular weight excluding hydrogens is 286 g/mol. The number of thiophene rings is 1. The van der Waals surface area contributed by atoms with Gasteiger partial charge in [0, 0.05) is 41.2 Å². The lowest BCUT2D eigenvalue weighted by molar-refractivity contribution is 0.696. The van der Waals surface area contributed by atoms with Crippen molar-refractivity contribution in [2.45, 2.75) is 20.0 Å². The van der Waals surface area contributed by atoms with E-state index in [4.69, 9.17) is 0 Å². The Morgan fingerprint density at radius 3 is 2.88 bits per heavy atom. The molecular formula is C11H14BrN3S. The number of hydrogen-bond donors (Lipinski definition) is 1. The topological polar surface area (TPSA) is 29.9 Å². The molecule has 0 bridgehead atoms. The molecule has 0 aromatic carbocycles. The van der Waals surface area contributed by atoms with Gasteiger partial charge in [0.15, 0.2) is 0 Å². The van der Waals surface area contributed by atoms with Crippen molar-refractivity contribution in [3.63, 3.8) is 0 Å². The Balaban J connectivity index is 1.89. The zero-order valence-corrected chi connectivity index (χ0v) is 11.7. The van der Waals surface area contributed by atoms with Crippen LogP contribution >= 0.6 is 27.3 Å². The van der Waals surface area contributed by atoms with Crippen molar-refractivity contribution in [2.24, 2.45) is 7.05 Å². The third-order valence-electron chi connectivity index (χ3n) is 2.41. The molecule has 3 nitrogen and oxygen atoms in total. The van der Waals surface area contributed by atoms with Gasteiger partial charge < -0.3 is 5.32 Å². The predicted molar refractivity (Wildman–Crippen MR) is 70.5 cm³/mol. The van der Waals surface area contributed by atoms with Gasteiger partial charge in [-0.1, -0.05) is 0 Å². The lowest BCUT2D eigenvalue weighted by atomic mass is 10.2. The number of aryl methyl sites for hydroxylation is 2. The van der Waals surface area contributed by atoms with E-state index < -0.39 is 0 Å². The fourth-order valence-corrected chi connectivity index (χ4v) is 3.05. The van der Waals surface area contributed by atoms with Crippen LogP contribution in [0.5, 0.6) is 0 Å². The number of nitrogens with zero attached hydrogens (tertiary/aromatic N) is 2. The fraction of sp³-hybridized carbons (Fsp3) is 0.364. The molecule has 0 fully saturated rings. The van der Waals surface area contributed by atoms with Crippen LogP contribution in [0.15, 0.2) is 22.1 Å². The van der Waals surface area contributed by atoms with Crippen LogP contribution in [-0.2, 0) is 20.1 Å². The van der Waals surface area contributed by atoms with Crippen LogP contribution in [0.4, 0.5) is 0 Å². The third-order valence-corrected chi connectivity index (χ3v) is 4.33. The molecule has 0 saturated heterocycles. The Morgan fingerprint density at radius 1 is 1.50 bits per heavy atom. The molecule has 0 aliphatic heterocycles. The van der Waals surface area contributed by atoms with Crippen LogP contribution in [0.3, 0.4) is 0 Å². The van der Waals surface area contributed by atoms with Crippen LogP contribution in [0, 0.1) is 6.92 Å². The van der Waals surface area contributed by atoms with E-state index in [2.05, 4.69) is 44.0 Å². The Morgan fingerprint density at radius 2 is 2.31 bits per heavy atom. The Bertz CT molecular complexity index is 475. The van der Waals surface area contributed by atoms with Crippen molar-refractivity contribution in [3.8, 4) is 0 Å². The average Bonchev–Trinajstić information content (AvgIpc) is 2.75. The first-order valence-corrected chi connectivity index (χ1v) is 6.76. The zero-order chi connectivity index (χ0) is 11.5. The molecule has 86 valence electrons. The van der Waals surface area contributed by atoms with Crippen molar-refractivity contribution in [1.29, 1.82) is 0 Å². The summed E-state index contributed by atoms with van der Waals surface area (Å²) in [6, 6.07) is 2.08. The molecule has 0 spiro atoms. The van der Waals surface area contributed by atoms with Gasteiger partial charge in [0.2, 0.25) is 0 Å². The number of hydrogen-bond acceptors (Lipinski definition) is 3. The molecule has 2 aromatic rings. The van der Waals surface area contributed by atoms with Gasteiger partial charge in [-0.05, 0) is 34.3 Å². The normalized spacial score (nSPS) is 10.9. The van der Waals surface area contributed by atoms with Crippen LogP contribution < -0.4 is 5.32 Å². The van der Waals surface area contributed by atoms with Crippen LogP contribution in [0.1, 0.15) is 16.1 Å².